The number of halogens is 1. The molecule has 4 heteroatoms. The molecule has 0 aliphatic heterocycles. The van der Waals surface area contributed by atoms with Crippen LogP contribution in [-0.2, 0) is 19.4 Å². The first-order valence-corrected chi connectivity index (χ1v) is 9.06. The van der Waals surface area contributed by atoms with E-state index in [0.29, 0.717) is 6.04 Å². The third kappa shape index (κ3) is 2.75. The van der Waals surface area contributed by atoms with Crippen molar-refractivity contribution >= 4 is 11.6 Å². The second-order valence-corrected chi connectivity index (χ2v) is 6.96. The quantitative estimate of drug-likeness (QED) is 0.832. The molecule has 0 amide bonds. The summed E-state index contributed by atoms with van der Waals surface area (Å²) in [6.07, 6.45) is 6.28. The first-order valence-electron chi connectivity index (χ1n) is 8.68. The number of hydrogen-bond acceptors (Lipinski definition) is 2. The maximum absolute atomic E-state index is 6.59. The molecule has 3 rings (SSSR count). The van der Waals surface area contributed by atoms with E-state index in [0.717, 1.165) is 54.4 Å². The minimum atomic E-state index is 0.578. The van der Waals surface area contributed by atoms with Crippen LogP contribution in [0.4, 0.5) is 0 Å². The topological polar surface area (TPSA) is 29.9 Å². The average Bonchev–Trinajstić information content (AvgIpc) is 2.84. The van der Waals surface area contributed by atoms with Gasteiger partial charge >= 0.3 is 0 Å². The lowest BCUT2D eigenvalue weighted by molar-refractivity contribution is 0.401. The van der Waals surface area contributed by atoms with Gasteiger partial charge in [0.15, 0.2) is 0 Å². The number of nitrogens with one attached hydrogen (secondary N) is 1. The Balaban J connectivity index is 1.78. The van der Waals surface area contributed by atoms with Crippen LogP contribution in [0.25, 0.3) is 0 Å². The molecule has 2 aliphatic carbocycles. The first-order chi connectivity index (χ1) is 10.2. The van der Waals surface area contributed by atoms with Gasteiger partial charge in [0, 0.05) is 19.0 Å². The lowest BCUT2D eigenvalue weighted by Gasteiger charge is -2.20. The molecule has 1 heterocycles. The summed E-state index contributed by atoms with van der Waals surface area (Å²) in [7, 11) is 0. The van der Waals surface area contributed by atoms with Gasteiger partial charge in [0.2, 0.25) is 0 Å². The van der Waals surface area contributed by atoms with E-state index >= 15 is 0 Å². The molecule has 1 aromatic rings. The standard InChI is InChI=1S/C17H28ClN3/c1-4-13-17(18)15(21(6-3)20-13)10-14(19-5-2)16-11-8-7-9-12(11)16/h11-12,14,16,19H,4-10H2,1-3H3. The Labute approximate surface area is 133 Å². The number of aromatic nitrogens is 2. The van der Waals surface area contributed by atoms with Crippen molar-refractivity contribution in [3.8, 4) is 0 Å². The molecule has 118 valence electrons. The molecule has 0 saturated heterocycles. The van der Waals surface area contributed by atoms with Gasteiger partial charge in [-0.25, -0.2) is 0 Å². The molecule has 2 saturated carbocycles. The van der Waals surface area contributed by atoms with Gasteiger partial charge < -0.3 is 5.32 Å². The molecule has 0 radical (unpaired) electrons. The highest BCUT2D eigenvalue weighted by molar-refractivity contribution is 6.31. The molecule has 1 aromatic heterocycles. The number of nitrogens with zero attached hydrogens (tertiary/aromatic N) is 2. The zero-order chi connectivity index (χ0) is 15.0. The number of aryl methyl sites for hydroxylation is 2. The summed E-state index contributed by atoms with van der Waals surface area (Å²) in [5.41, 5.74) is 2.30. The van der Waals surface area contributed by atoms with Crippen LogP contribution < -0.4 is 5.32 Å². The summed E-state index contributed by atoms with van der Waals surface area (Å²) in [4.78, 5) is 0. The van der Waals surface area contributed by atoms with Crippen molar-refractivity contribution in [3.63, 3.8) is 0 Å². The third-order valence-corrected chi connectivity index (χ3v) is 5.95. The van der Waals surface area contributed by atoms with Crippen molar-refractivity contribution in [3.05, 3.63) is 16.4 Å². The molecule has 0 spiro atoms. The summed E-state index contributed by atoms with van der Waals surface area (Å²) < 4.78 is 2.11. The van der Waals surface area contributed by atoms with E-state index in [4.69, 9.17) is 11.6 Å². The van der Waals surface area contributed by atoms with E-state index < -0.39 is 0 Å². The van der Waals surface area contributed by atoms with Gasteiger partial charge in [0.05, 0.1) is 16.4 Å². The molecule has 0 aromatic carbocycles. The predicted molar refractivity (Wildman–Crippen MR) is 87.8 cm³/mol. The van der Waals surface area contributed by atoms with E-state index in [2.05, 4.69) is 35.9 Å². The number of fused-ring (bicyclic) bond motifs is 1. The Morgan fingerprint density at radius 3 is 2.57 bits per heavy atom. The Hall–Kier alpha value is -0.540. The van der Waals surface area contributed by atoms with Crippen molar-refractivity contribution in [2.24, 2.45) is 17.8 Å². The van der Waals surface area contributed by atoms with Gasteiger partial charge in [-0.1, -0.05) is 31.9 Å². The van der Waals surface area contributed by atoms with Gasteiger partial charge in [-0.05, 0) is 50.5 Å². The van der Waals surface area contributed by atoms with E-state index in [9.17, 15) is 0 Å². The van der Waals surface area contributed by atoms with Crippen molar-refractivity contribution < 1.29 is 0 Å². The first kappa shape index (κ1) is 15.4. The minimum Gasteiger partial charge on any atom is -0.314 e. The SMILES string of the molecule is CCNC(Cc1c(Cl)c(CC)nn1CC)C1C2CCCC21. The molecule has 0 bridgehead atoms. The zero-order valence-corrected chi connectivity index (χ0v) is 14.3. The molecule has 21 heavy (non-hydrogen) atoms. The fourth-order valence-corrected chi connectivity index (χ4v) is 4.85. The Morgan fingerprint density at radius 1 is 1.29 bits per heavy atom. The zero-order valence-electron chi connectivity index (χ0n) is 13.5. The fourth-order valence-electron chi connectivity index (χ4n) is 4.50. The Bertz CT molecular complexity index is 486. The maximum atomic E-state index is 6.59. The summed E-state index contributed by atoms with van der Waals surface area (Å²) >= 11 is 6.59. The summed E-state index contributed by atoms with van der Waals surface area (Å²) in [5, 5.41) is 9.31. The monoisotopic (exact) mass is 309 g/mol. The summed E-state index contributed by atoms with van der Waals surface area (Å²) in [5.74, 6) is 2.84. The molecule has 3 unspecified atom stereocenters. The third-order valence-electron chi connectivity index (χ3n) is 5.51. The van der Waals surface area contributed by atoms with Crippen molar-refractivity contribution in [1.29, 1.82) is 0 Å². The van der Waals surface area contributed by atoms with E-state index in [-0.39, 0.29) is 0 Å². The maximum Gasteiger partial charge on any atom is 0.0850 e. The van der Waals surface area contributed by atoms with Crippen LogP contribution in [-0.4, -0.2) is 22.4 Å². The molecule has 2 aliphatic rings. The Morgan fingerprint density at radius 2 is 2.00 bits per heavy atom. The van der Waals surface area contributed by atoms with Crippen molar-refractivity contribution in [2.45, 2.75) is 65.5 Å². The van der Waals surface area contributed by atoms with Crippen LogP contribution in [0.2, 0.25) is 5.02 Å². The lowest BCUT2D eigenvalue weighted by atomic mass is 9.99. The van der Waals surface area contributed by atoms with E-state index in [1.165, 1.54) is 25.0 Å². The van der Waals surface area contributed by atoms with Crippen LogP contribution in [0.3, 0.4) is 0 Å². The van der Waals surface area contributed by atoms with Crippen LogP contribution >= 0.6 is 11.6 Å². The Kier molecular flexibility index (Phi) is 4.60. The normalized spacial score (nSPS) is 28.7. The number of hydrogen-bond donors (Lipinski definition) is 1. The van der Waals surface area contributed by atoms with Crippen LogP contribution in [0.15, 0.2) is 0 Å². The van der Waals surface area contributed by atoms with Gasteiger partial charge in [-0.15, -0.1) is 0 Å². The average molecular weight is 310 g/mol. The van der Waals surface area contributed by atoms with Crippen LogP contribution in [0.5, 0.6) is 0 Å². The molecule has 1 N–H and O–H groups in total. The summed E-state index contributed by atoms with van der Waals surface area (Å²) in [6.45, 7) is 8.44. The molecule has 2 fully saturated rings. The van der Waals surface area contributed by atoms with Crippen LogP contribution in [0, 0.1) is 17.8 Å². The lowest BCUT2D eigenvalue weighted by Crippen LogP contribution is -2.35. The molecule has 3 atom stereocenters. The minimum absolute atomic E-state index is 0.578. The van der Waals surface area contributed by atoms with Gasteiger partial charge in [-0.3, -0.25) is 4.68 Å². The summed E-state index contributed by atoms with van der Waals surface area (Å²) in [6, 6.07) is 0.578. The second kappa shape index (κ2) is 6.29. The molecule has 3 nitrogen and oxygen atoms in total. The fraction of sp³-hybridized carbons (Fsp3) is 0.824. The predicted octanol–water partition coefficient (Wildman–Crippen LogP) is 3.69. The highest BCUT2D eigenvalue weighted by Gasteiger charge is 2.55. The largest absolute Gasteiger partial charge is 0.314 e. The van der Waals surface area contributed by atoms with Gasteiger partial charge in [0.1, 0.15) is 0 Å². The molecular weight excluding hydrogens is 282 g/mol. The number of likely N-dealkylation sites (N-methyl/N-ethyl adjacent to an activating group) is 1. The number of rotatable bonds is 7. The second-order valence-electron chi connectivity index (χ2n) is 6.58. The highest BCUT2D eigenvalue weighted by atomic mass is 35.5. The van der Waals surface area contributed by atoms with E-state index in [1.807, 2.05) is 0 Å². The van der Waals surface area contributed by atoms with Crippen molar-refractivity contribution in [2.75, 3.05) is 6.54 Å². The molecular formula is C17H28ClN3. The van der Waals surface area contributed by atoms with Gasteiger partial charge in [0.25, 0.3) is 0 Å². The smallest absolute Gasteiger partial charge is 0.0850 e. The highest BCUT2D eigenvalue weighted by Crippen LogP contribution is 2.59. The van der Waals surface area contributed by atoms with Gasteiger partial charge in [-0.2, -0.15) is 5.10 Å². The van der Waals surface area contributed by atoms with Crippen molar-refractivity contribution in [1.82, 2.24) is 15.1 Å². The van der Waals surface area contributed by atoms with E-state index in [1.54, 1.807) is 0 Å². The van der Waals surface area contributed by atoms with Crippen LogP contribution in [0.1, 0.15) is 51.4 Å².